The predicted octanol–water partition coefficient (Wildman–Crippen LogP) is 3.96. The number of rotatable bonds is 4. The molecule has 7 nitrogen and oxygen atoms in total. The van der Waals surface area contributed by atoms with Gasteiger partial charge in [0.05, 0.1) is 24.1 Å². The Labute approximate surface area is 161 Å². The molecule has 0 aliphatic heterocycles. The Kier molecular flexibility index (Phi) is 4.49. The second-order valence-electron chi connectivity index (χ2n) is 6.44. The minimum Gasteiger partial charge on any atom is -0.494 e. The summed E-state index contributed by atoms with van der Waals surface area (Å²) in [4.78, 5) is 28.2. The lowest BCUT2D eigenvalue weighted by Gasteiger charge is -2.07. The van der Waals surface area contributed by atoms with Crippen molar-refractivity contribution in [1.29, 1.82) is 0 Å². The molecule has 7 heteroatoms. The molecule has 0 bridgehead atoms. The Morgan fingerprint density at radius 2 is 1.93 bits per heavy atom. The molecule has 0 aliphatic rings. The van der Waals surface area contributed by atoms with E-state index in [9.17, 15) is 4.79 Å². The van der Waals surface area contributed by atoms with Crippen LogP contribution in [0.4, 0.5) is 5.82 Å². The summed E-state index contributed by atoms with van der Waals surface area (Å²) in [5.74, 6) is 0.997. The molecule has 0 saturated carbocycles. The van der Waals surface area contributed by atoms with E-state index in [1.165, 1.54) is 6.92 Å². The first-order chi connectivity index (χ1) is 13.6. The molecule has 0 spiro atoms. The van der Waals surface area contributed by atoms with E-state index < -0.39 is 0 Å². The maximum absolute atomic E-state index is 11.4. The van der Waals surface area contributed by atoms with E-state index in [0.29, 0.717) is 11.6 Å². The number of methoxy groups -OCH3 is 1. The van der Waals surface area contributed by atoms with Gasteiger partial charge in [-0.25, -0.2) is 4.98 Å². The monoisotopic (exact) mass is 373 g/mol. The molecule has 4 aromatic heterocycles. The highest BCUT2D eigenvalue weighted by Crippen LogP contribution is 2.39. The number of aromatic nitrogens is 4. The molecule has 0 aromatic carbocycles. The first kappa shape index (κ1) is 17.7. The molecule has 0 radical (unpaired) electrons. The van der Waals surface area contributed by atoms with E-state index in [0.717, 1.165) is 39.1 Å². The summed E-state index contributed by atoms with van der Waals surface area (Å²) < 4.78 is 5.50. The van der Waals surface area contributed by atoms with Gasteiger partial charge in [-0.1, -0.05) is 6.07 Å². The Hall–Kier alpha value is -3.74. The summed E-state index contributed by atoms with van der Waals surface area (Å²) in [6.07, 6.45) is 5.20. The quantitative estimate of drug-likeness (QED) is 0.565. The van der Waals surface area contributed by atoms with Gasteiger partial charge in [0.1, 0.15) is 22.6 Å². The average molecular weight is 373 g/mol. The largest absolute Gasteiger partial charge is 0.494 e. The van der Waals surface area contributed by atoms with E-state index in [4.69, 9.17) is 4.74 Å². The molecular weight excluding hydrogens is 354 g/mol. The Morgan fingerprint density at radius 3 is 2.64 bits per heavy atom. The van der Waals surface area contributed by atoms with Crippen LogP contribution in [0.3, 0.4) is 0 Å². The highest BCUT2D eigenvalue weighted by molar-refractivity contribution is 6.03. The number of carbonyl (C=O) groups excluding carboxylic acids is 1. The molecule has 0 saturated heterocycles. The number of nitrogens with one attached hydrogen (secondary N) is 2. The van der Waals surface area contributed by atoms with Crippen LogP contribution in [0.2, 0.25) is 0 Å². The maximum atomic E-state index is 11.4. The number of aryl methyl sites for hydroxylation is 1. The van der Waals surface area contributed by atoms with Crippen LogP contribution in [-0.2, 0) is 4.79 Å². The lowest BCUT2D eigenvalue weighted by molar-refractivity contribution is -0.114. The summed E-state index contributed by atoms with van der Waals surface area (Å²) in [6, 6.07) is 9.49. The first-order valence-corrected chi connectivity index (χ1v) is 8.78. The molecular formula is C21H19N5O2. The molecule has 4 aromatic rings. The van der Waals surface area contributed by atoms with Crippen molar-refractivity contribution in [2.45, 2.75) is 13.8 Å². The van der Waals surface area contributed by atoms with E-state index in [1.807, 2.05) is 43.5 Å². The number of aromatic amines is 1. The Balaban J connectivity index is 1.98. The average Bonchev–Trinajstić information content (AvgIpc) is 3.08. The topological polar surface area (TPSA) is 92.8 Å². The number of carbonyl (C=O) groups is 1. The lowest BCUT2D eigenvalue weighted by atomic mass is 10.0. The minimum atomic E-state index is -0.176. The van der Waals surface area contributed by atoms with Gasteiger partial charge in [0.25, 0.3) is 0 Å². The third-order valence-corrected chi connectivity index (χ3v) is 4.39. The van der Waals surface area contributed by atoms with E-state index >= 15 is 0 Å². The van der Waals surface area contributed by atoms with Gasteiger partial charge in [-0.3, -0.25) is 14.8 Å². The van der Waals surface area contributed by atoms with Crippen LogP contribution in [0.25, 0.3) is 33.5 Å². The first-order valence-electron chi connectivity index (χ1n) is 8.78. The highest BCUT2D eigenvalue weighted by atomic mass is 16.5. The molecule has 0 atom stereocenters. The smallest absolute Gasteiger partial charge is 0.222 e. The van der Waals surface area contributed by atoms with Crippen molar-refractivity contribution in [2.75, 3.05) is 12.4 Å². The molecule has 28 heavy (non-hydrogen) atoms. The molecule has 0 aliphatic carbocycles. The van der Waals surface area contributed by atoms with Crippen LogP contribution in [0.15, 0.2) is 48.9 Å². The van der Waals surface area contributed by atoms with E-state index in [2.05, 4.69) is 25.3 Å². The van der Waals surface area contributed by atoms with Gasteiger partial charge in [-0.05, 0) is 30.7 Å². The SMILES string of the molecule is COc1ccnc2c(-c3ccc(C)cn3)c(-c3ccnc(NC(C)=O)c3)[nH]c12. The zero-order chi connectivity index (χ0) is 19.7. The molecule has 140 valence electrons. The summed E-state index contributed by atoms with van der Waals surface area (Å²) in [5, 5.41) is 2.72. The Morgan fingerprint density at radius 1 is 1.11 bits per heavy atom. The molecule has 2 N–H and O–H groups in total. The molecule has 0 fully saturated rings. The zero-order valence-corrected chi connectivity index (χ0v) is 15.8. The zero-order valence-electron chi connectivity index (χ0n) is 15.8. The number of anilines is 1. The van der Waals surface area contributed by atoms with Crippen molar-refractivity contribution in [1.82, 2.24) is 19.9 Å². The standard InChI is InChI=1S/C21H19N5O2/c1-12-4-5-15(24-11-12)18-19(14-6-8-22-17(10-14)25-13(2)27)26-20-16(28-3)7-9-23-21(18)20/h4-11,26H,1-3H3,(H,22,25,27). The molecule has 0 unspecified atom stereocenters. The second-order valence-corrected chi connectivity index (χ2v) is 6.44. The van der Waals surface area contributed by atoms with Crippen molar-refractivity contribution >= 4 is 22.8 Å². The molecule has 4 rings (SSSR count). The van der Waals surface area contributed by atoms with Gasteiger partial charge >= 0.3 is 0 Å². The number of H-pyrrole nitrogens is 1. The fourth-order valence-electron chi connectivity index (χ4n) is 3.15. The van der Waals surface area contributed by atoms with Crippen LogP contribution in [0, 0.1) is 6.92 Å². The fraction of sp³-hybridized carbons (Fsp3) is 0.143. The highest BCUT2D eigenvalue weighted by Gasteiger charge is 2.20. The molecule has 4 heterocycles. The van der Waals surface area contributed by atoms with Crippen molar-refractivity contribution in [3.63, 3.8) is 0 Å². The molecule has 1 amide bonds. The number of hydrogen-bond donors (Lipinski definition) is 2. The third kappa shape index (κ3) is 3.18. The predicted molar refractivity (Wildman–Crippen MR) is 108 cm³/mol. The summed E-state index contributed by atoms with van der Waals surface area (Å²) in [7, 11) is 1.63. The van der Waals surface area contributed by atoms with Crippen molar-refractivity contribution in [3.05, 3.63) is 54.5 Å². The number of nitrogens with zero attached hydrogens (tertiary/aromatic N) is 3. The lowest BCUT2D eigenvalue weighted by Crippen LogP contribution is -2.07. The summed E-state index contributed by atoms with van der Waals surface area (Å²) in [5.41, 5.74) is 5.99. The van der Waals surface area contributed by atoms with Crippen molar-refractivity contribution < 1.29 is 9.53 Å². The van der Waals surface area contributed by atoms with Gasteiger partial charge < -0.3 is 15.0 Å². The normalized spacial score (nSPS) is 10.8. The van der Waals surface area contributed by atoms with Crippen LogP contribution in [0.5, 0.6) is 5.75 Å². The summed E-state index contributed by atoms with van der Waals surface area (Å²) in [6.45, 7) is 3.45. The van der Waals surface area contributed by atoms with Gasteiger partial charge in [0.2, 0.25) is 5.91 Å². The van der Waals surface area contributed by atoms with E-state index in [1.54, 1.807) is 19.5 Å². The van der Waals surface area contributed by atoms with Crippen molar-refractivity contribution in [2.24, 2.45) is 0 Å². The number of ether oxygens (including phenoxy) is 1. The number of amides is 1. The van der Waals surface area contributed by atoms with Gasteiger partial charge in [0.15, 0.2) is 0 Å². The van der Waals surface area contributed by atoms with Crippen LogP contribution in [-0.4, -0.2) is 33.0 Å². The van der Waals surface area contributed by atoms with Crippen LogP contribution < -0.4 is 10.1 Å². The number of hydrogen-bond acceptors (Lipinski definition) is 5. The second kappa shape index (κ2) is 7.11. The van der Waals surface area contributed by atoms with E-state index in [-0.39, 0.29) is 5.91 Å². The summed E-state index contributed by atoms with van der Waals surface area (Å²) >= 11 is 0. The van der Waals surface area contributed by atoms with Crippen LogP contribution in [0.1, 0.15) is 12.5 Å². The maximum Gasteiger partial charge on any atom is 0.222 e. The van der Waals surface area contributed by atoms with Gasteiger partial charge in [0, 0.05) is 37.1 Å². The van der Waals surface area contributed by atoms with Gasteiger partial charge in [-0.2, -0.15) is 0 Å². The minimum absolute atomic E-state index is 0.176. The third-order valence-electron chi connectivity index (χ3n) is 4.39. The van der Waals surface area contributed by atoms with Crippen LogP contribution >= 0.6 is 0 Å². The van der Waals surface area contributed by atoms with Gasteiger partial charge in [-0.15, -0.1) is 0 Å². The van der Waals surface area contributed by atoms with Crippen molar-refractivity contribution in [3.8, 4) is 28.3 Å². The number of pyridine rings is 3. The number of fused-ring (bicyclic) bond motifs is 1. The fourth-order valence-corrected chi connectivity index (χ4v) is 3.15. The Bertz CT molecular complexity index is 1170.